The number of aryl methyl sites for hydroxylation is 2. The summed E-state index contributed by atoms with van der Waals surface area (Å²) in [6.45, 7) is 2.16. The monoisotopic (exact) mass is 343 g/mol. The van der Waals surface area contributed by atoms with E-state index in [4.69, 9.17) is 8.83 Å². The van der Waals surface area contributed by atoms with Gasteiger partial charge in [-0.2, -0.15) is 0 Å². The molecule has 0 aliphatic rings. The molecular weight excluding hydrogens is 325 g/mol. The number of carbonyl (C=O) groups excluding carboxylic acids is 1. The maximum atomic E-state index is 13.2. The van der Waals surface area contributed by atoms with Gasteiger partial charge in [0.15, 0.2) is 0 Å². The first-order valence-corrected chi connectivity index (χ1v) is 7.88. The van der Waals surface area contributed by atoms with E-state index in [1.165, 1.54) is 12.1 Å². The van der Waals surface area contributed by atoms with Crippen LogP contribution in [-0.4, -0.2) is 28.1 Å². The highest BCUT2D eigenvalue weighted by molar-refractivity contribution is 5.76. The quantitative estimate of drug-likeness (QED) is 0.686. The van der Waals surface area contributed by atoms with Crippen molar-refractivity contribution in [3.05, 3.63) is 59.6 Å². The number of nitrogens with zero attached hydrogens (tertiary/aromatic N) is 3. The van der Waals surface area contributed by atoms with Crippen molar-refractivity contribution in [1.82, 2.24) is 15.1 Å². The highest BCUT2D eigenvalue weighted by Gasteiger charge is 2.15. The third kappa shape index (κ3) is 4.12. The zero-order valence-corrected chi connectivity index (χ0v) is 14.0. The van der Waals surface area contributed by atoms with Crippen LogP contribution in [0.4, 0.5) is 4.39 Å². The summed E-state index contributed by atoms with van der Waals surface area (Å²) in [5.41, 5.74) is 1.49. The van der Waals surface area contributed by atoms with Gasteiger partial charge in [0.2, 0.25) is 11.8 Å². The molecule has 0 bridgehead atoms. The molecule has 2 aromatic heterocycles. The second kappa shape index (κ2) is 7.29. The van der Waals surface area contributed by atoms with Crippen LogP contribution in [0.25, 0.3) is 11.5 Å². The standard InChI is InChI=1S/C18H18FN3O3/c1-12-15(8-9-24-12)18-21-20-16(25-18)6-7-17(23)22(2)11-13-4-3-5-14(19)10-13/h3-5,8-10H,6-7,11H2,1-2H3. The predicted octanol–water partition coefficient (Wildman–Crippen LogP) is 3.37. The molecule has 1 aromatic carbocycles. The van der Waals surface area contributed by atoms with Crippen LogP contribution in [0.2, 0.25) is 0 Å². The van der Waals surface area contributed by atoms with E-state index in [1.807, 2.05) is 6.92 Å². The van der Waals surface area contributed by atoms with Gasteiger partial charge < -0.3 is 13.7 Å². The predicted molar refractivity (Wildman–Crippen MR) is 87.9 cm³/mol. The average molecular weight is 343 g/mol. The molecule has 25 heavy (non-hydrogen) atoms. The molecule has 0 unspecified atom stereocenters. The maximum Gasteiger partial charge on any atom is 0.251 e. The summed E-state index contributed by atoms with van der Waals surface area (Å²) in [7, 11) is 1.68. The molecule has 0 spiro atoms. The smallest absolute Gasteiger partial charge is 0.251 e. The number of amides is 1. The lowest BCUT2D eigenvalue weighted by atomic mass is 10.2. The summed E-state index contributed by atoms with van der Waals surface area (Å²) in [6, 6.07) is 7.96. The Kier molecular flexibility index (Phi) is 4.92. The topological polar surface area (TPSA) is 72.4 Å². The molecule has 0 atom stereocenters. The number of furan rings is 1. The molecule has 2 heterocycles. The van der Waals surface area contributed by atoms with Gasteiger partial charge in [0.05, 0.1) is 11.8 Å². The van der Waals surface area contributed by atoms with Gasteiger partial charge in [0, 0.05) is 26.4 Å². The zero-order chi connectivity index (χ0) is 17.8. The number of aromatic nitrogens is 2. The third-order valence-electron chi connectivity index (χ3n) is 3.84. The van der Waals surface area contributed by atoms with Crippen LogP contribution >= 0.6 is 0 Å². The molecule has 0 aliphatic carbocycles. The second-order valence-corrected chi connectivity index (χ2v) is 5.77. The van der Waals surface area contributed by atoms with Gasteiger partial charge >= 0.3 is 0 Å². The van der Waals surface area contributed by atoms with Crippen LogP contribution in [0.15, 0.2) is 45.4 Å². The minimum atomic E-state index is -0.314. The molecule has 3 rings (SSSR count). The van der Waals surface area contributed by atoms with Gasteiger partial charge in [-0.1, -0.05) is 12.1 Å². The highest BCUT2D eigenvalue weighted by Crippen LogP contribution is 2.23. The van der Waals surface area contributed by atoms with Gasteiger partial charge in [0.1, 0.15) is 11.6 Å². The maximum absolute atomic E-state index is 13.2. The van der Waals surface area contributed by atoms with E-state index in [0.717, 1.165) is 11.1 Å². The molecule has 0 saturated heterocycles. The Morgan fingerprint density at radius 1 is 1.28 bits per heavy atom. The van der Waals surface area contributed by atoms with Crippen molar-refractivity contribution in [2.24, 2.45) is 0 Å². The van der Waals surface area contributed by atoms with Crippen LogP contribution in [0.1, 0.15) is 23.6 Å². The minimum Gasteiger partial charge on any atom is -0.469 e. The van der Waals surface area contributed by atoms with E-state index >= 15 is 0 Å². The van der Waals surface area contributed by atoms with E-state index in [-0.39, 0.29) is 18.1 Å². The fraction of sp³-hybridized carbons (Fsp3) is 0.278. The Morgan fingerprint density at radius 2 is 2.12 bits per heavy atom. The summed E-state index contributed by atoms with van der Waals surface area (Å²) < 4.78 is 24.0. The van der Waals surface area contributed by atoms with Crippen molar-refractivity contribution in [2.75, 3.05) is 7.05 Å². The van der Waals surface area contributed by atoms with Crippen molar-refractivity contribution in [3.63, 3.8) is 0 Å². The van der Waals surface area contributed by atoms with Gasteiger partial charge in [-0.25, -0.2) is 4.39 Å². The average Bonchev–Trinajstić information content (AvgIpc) is 3.21. The lowest BCUT2D eigenvalue weighted by molar-refractivity contribution is -0.130. The van der Waals surface area contributed by atoms with Crippen LogP contribution in [0, 0.1) is 12.7 Å². The van der Waals surface area contributed by atoms with Gasteiger partial charge in [-0.05, 0) is 30.7 Å². The molecule has 130 valence electrons. The SMILES string of the molecule is Cc1occc1-c1nnc(CCC(=O)N(C)Cc2cccc(F)c2)o1. The number of hydrogen-bond acceptors (Lipinski definition) is 5. The van der Waals surface area contributed by atoms with E-state index in [9.17, 15) is 9.18 Å². The van der Waals surface area contributed by atoms with E-state index in [0.29, 0.717) is 30.5 Å². The molecule has 0 N–H and O–H groups in total. The zero-order valence-electron chi connectivity index (χ0n) is 14.0. The minimum absolute atomic E-state index is 0.0801. The summed E-state index contributed by atoms with van der Waals surface area (Å²) in [5.74, 6) is 1.07. The first-order valence-electron chi connectivity index (χ1n) is 7.88. The number of hydrogen-bond donors (Lipinski definition) is 0. The summed E-state index contributed by atoms with van der Waals surface area (Å²) in [5, 5.41) is 7.94. The fourth-order valence-corrected chi connectivity index (χ4v) is 2.47. The Balaban J connectivity index is 1.55. The number of carbonyl (C=O) groups is 1. The highest BCUT2D eigenvalue weighted by atomic mass is 19.1. The molecule has 3 aromatic rings. The summed E-state index contributed by atoms with van der Waals surface area (Å²) in [4.78, 5) is 13.8. The summed E-state index contributed by atoms with van der Waals surface area (Å²) >= 11 is 0. The number of benzene rings is 1. The van der Waals surface area contributed by atoms with E-state index in [1.54, 1.807) is 36.4 Å². The Hall–Kier alpha value is -2.96. The van der Waals surface area contributed by atoms with Gasteiger partial charge in [0.25, 0.3) is 5.89 Å². The molecule has 0 aliphatic heterocycles. The second-order valence-electron chi connectivity index (χ2n) is 5.77. The molecule has 0 fully saturated rings. The third-order valence-corrected chi connectivity index (χ3v) is 3.84. The number of rotatable bonds is 6. The summed E-state index contributed by atoms with van der Waals surface area (Å²) in [6.07, 6.45) is 2.13. The molecule has 6 nitrogen and oxygen atoms in total. The largest absolute Gasteiger partial charge is 0.469 e. The fourth-order valence-electron chi connectivity index (χ4n) is 2.47. The molecular formula is C18H18FN3O3. The van der Waals surface area contributed by atoms with Crippen molar-refractivity contribution in [1.29, 1.82) is 0 Å². The van der Waals surface area contributed by atoms with Crippen molar-refractivity contribution >= 4 is 5.91 Å². The Morgan fingerprint density at radius 3 is 2.84 bits per heavy atom. The molecule has 1 amide bonds. The normalized spacial score (nSPS) is 10.8. The first kappa shape index (κ1) is 16.9. The lowest BCUT2D eigenvalue weighted by Gasteiger charge is -2.16. The molecule has 7 heteroatoms. The van der Waals surface area contributed by atoms with Crippen LogP contribution in [0.3, 0.4) is 0 Å². The van der Waals surface area contributed by atoms with Crippen molar-refractivity contribution in [3.8, 4) is 11.5 Å². The van der Waals surface area contributed by atoms with Crippen molar-refractivity contribution < 1.29 is 18.0 Å². The Labute approximate surface area is 144 Å². The van der Waals surface area contributed by atoms with Crippen LogP contribution in [-0.2, 0) is 17.8 Å². The first-order chi connectivity index (χ1) is 12.0. The van der Waals surface area contributed by atoms with Gasteiger partial charge in [-0.15, -0.1) is 10.2 Å². The molecule has 0 radical (unpaired) electrons. The number of halogens is 1. The lowest BCUT2D eigenvalue weighted by Crippen LogP contribution is -2.26. The van der Waals surface area contributed by atoms with Crippen LogP contribution < -0.4 is 0 Å². The Bertz CT molecular complexity index is 872. The molecule has 0 saturated carbocycles. The van der Waals surface area contributed by atoms with Crippen molar-refractivity contribution in [2.45, 2.75) is 26.3 Å². The van der Waals surface area contributed by atoms with E-state index in [2.05, 4.69) is 10.2 Å². The van der Waals surface area contributed by atoms with E-state index < -0.39 is 0 Å². The van der Waals surface area contributed by atoms with Gasteiger partial charge in [-0.3, -0.25) is 4.79 Å². The van der Waals surface area contributed by atoms with Crippen LogP contribution in [0.5, 0.6) is 0 Å².